The van der Waals surface area contributed by atoms with E-state index in [4.69, 9.17) is 9.15 Å². The molecule has 2 amide bonds. The molecular formula is C19H21BrN2O4. The normalized spacial score (nSPS) is 15.8. The van der Waals surface area contributed by atoms with E-state index < -0.39 is 5.41 Å². The zero-order chi connectivity index (χ0) is 18.9. The van der Waals surface area contributed by atoms with Crippen LogP contribution in [0.4, 0.5) is 11.4 Å². The summed E-state index contributed by atoms with van der Waals surface area (Å²) in [4.78, 5) is 26.8. The Hall–Kier alpha value is -2.28. The standard InChI is InChI=1S/C19H21BrN2O4/c1-4-9-22-13-6-5-12(21-17(23)14-7-8-16(20)26-14)10-15(13)25-11-19(2,3)18(22)24/h5-8,10H,4,9,11H2,1-3H3,(H,21,23). The van der Waals surface area contributed by atoms with E-state index in [-0.39, 0.29) is 24.2 Å². The van der Waals surface area contributed by atoms with Gasteiger partial charge in [-0.1, -0.05) is 6.92 Å². The lowest BCUT2D eigenvalue weighted by molar-refractivity contribution is -0.127. The van der Waals surface area contributed by atoms with Gasteiger partial charge in [0.1, 0.15) is 12.4 Å². The molecule has 0 bridgehead atoms. The summed E-state index contributed by atoms with van der Waals surface area (Å²) in [5, 5.41) is 2.78. The molecule has 2 aromatic rings. The second kappa shape index (κ2) is 7.15. The molecule has 3 rings (SSSR count). The quantitative estimate of drug-likeness (QED) is 0.792. The monoisotopic (exact) mass is 420 g/mol. The van der Waals surface area contributed by atoms with Crippen LogP contribution in [-0.2, 0) is 4.79 Å². The Morgan fingerprint density at radius 3 is 2.73 bits per heavy atom. The number of ether oxygens (including phenoxy) is 1. The van der Waals surface area contributed by atoms with Crippen LogP contribution in [0.25, 0.3) is 0 Å². The zero-order valence-corrected chi connectivity index (χ0v) is 16.6. The van der Waals surface area contributed by atoms with Crippen LogP contribution in [0.15, 0.2) is 39.4 Å². The van der Waals surface area contributed by atoms with Crippen molar-refractivity contribution in [2.45, 2.75) is 27.2 Å². The highest BCUT2D eigenvalue weighted by molar-refractivity contribution is 9.10. The minimum Gasteiger partial charge on any atom is -0.490 e. The number of furan rings is 1. The van der Waals surface area contributed by atoms with E-state index >= 15 is 0 Å². The van der Waals surface area contributed by atoms with Gasteiger partial charge in [0.15, 0.2) is 10.4 Å². The summed E-state index contributed by atoms with van der Waals surface area (Å²) in [5.41, 5.74) is 0.684. The van der Waals surface area contributed by atoms with Gasteiger partial charge < -0.3 is 19.4 Å². The number of fused-ring (bicyclic) bond motifs is 1. The fraction of sp³-hybridized carbons (Fsp3) is 0.368. The average molecular weight is 421 g/mol. The van der Waals surface area contributed by atoms with Gasteiger partial charge in [-0.15, -0.1) is 0 Å². The van der Waals surface area contributed by atoms with Gasteiger partial charge in [-0.3, -0.25) is 9.59 Å². The summed E-state index contributed by atoms with van der Waals surface area (Å²) >= 11 is 3.18. The molecule has 1 aliphatic heterocycles. The van der Waals surface area contributed by atoms with Crippen molar-refractivity contribution in [2.24, 2.45) is 5.41 Å². The first kappa shape index (κ1) is 18.5. The summed E-state index contributed by atoms with van der Waals surface area (Å²) in [6, 6.07) is 8.54. The van der Waals surface area contributed by atoms with Crippen LogP contribution in [0.1, 0.15) is 37.7 Å². The molecule has 0 saturated heterocycles. The van der Waals surface area contributed by atoms with Crippen molar-refractivity contribution >= 4 is 39.1 Å². The maximum absolute atomic E-state index is 12.8. The minimum absolute atomic E-state index is 0.0373. The molecule has 138 valence electrons. The Bertz CT molecular complexity index is 844. The van der Waals surface area contributed by atoms with Crippen molar-refractivity contribution in [2.75, 3.05) is 23.4 Å². The highest BCUT2D eigenvalue weighted by Crippen LogP contribution is 2.38. The third-order valence-corrected chi connectivity index (χ3v) is 4.59. The minimum atomic E-state index is -0.613. The Morgan fingerprint density at radius 1 is 1.31 bits per heavy atom. The fourth-order valence-corrected chi connectivity index (χ4v) is 3.11. The van der Waals surface area contributed by atoms with E-state index in [1.165, 1.54) is 0 Å². The van der Waals surface area contributed by atoms with Gasteiger partial charge in [0, 0.05) is 18.3 Å². The number of carbonyl (C=O) groups excluding carboxylic acids is 2. The highest BCUT2D eigenvalue weighted by atomic mass is 79.9. The summed E-state index contributed by atoms with van der Waals surface area (Å²) in [5.74, 6) is 0.467. The molecule has 0 fully saturated rings. The molecule has 0 radical (unpaired) electrons. The number of nitrogens with one attached hydrogen (secondary N) is 1. The number of benzene rings is 1. The number of amides is 2. The van der Waals surface area contributed by atoms with E-state index in [2.05, 4.69) is 21.2 Å². The van der Waals surface area contributed by atoms with Gasteiger partial charge in [0.2, 0.25) is 5.91 Å². The summed E-state index contributed by atoms with van der Waals surface area (Å²) in [7, 11) is 0. The molecule has 1 aromatic heterocycles. The van der Waals surface area contributed by atoms with Gasteiger partial charge in [-0.05, 0) is 60.5 Å². The van der Waals surface area contributed by atoms with Crippen molar-refractivity contribution in [3.63, 3.8) is 0 Å². The molecule has 26 heavy (non-hydrogen) atoms. The Kier molecular flexibility index (Phi) is 5.09. The number of rotatable bonds is 4. The lowest BCUT2D eigenvalue weighted by atomic mass is 9.93. The molecule has 1 N–H and O–H groups in total. The molecule has 2 heterocycles. The van der Waals surface area contributed by atoms with E-state index in [9.17, 15) is 9.59 Å². The molecular weight excluding hydrogens is 400 g/mol. The van der Waals surface area contributed by atoms with Crippen LogP contribution in [0.5, 0.6) is 5.75 Å². The molecule has 0 saturated carbocycles. The molecule has 1 aliphatic rings. The first-order valence-corrected chi connectivity index (χ1v) is 9.26. The predicted octanol–water partition coefficient (Wildman–Crippen LogP) is 4.46. The van der Waals surface area contributed by atoms with Crippen molar-refractivity contribution in [1.29, 1.82) is 0 Å². The lowest BCUT2D eigenvalue weighted by Gasteiger charge is -2.27. The molecule has 6 nitrogen and oxygen atoms in total. The van der Waals surface area contributed by atoms with Crippen molar-refractivity contribution in [1.82, 2.24) is 0 Å². The van der Waals surface area contributed by atoms with Gasteiger partial charge in [-0.25, -0.2) is 0 Å². The van der Waals surface area contributed by atoms with Gasteiger partial charge in [-0.2, -0.15) is 0 Å². The van der Waals surface area contributed by atoms with Crippen LogP contribution < -0.4 is 15.0 Å². The van der Waals surface area contributed by atoms with Gasteiger partial charge >= 0.3 is 0 Å². The molecule has 1 aromatic carbocycles. The molecule has 0 aliphatic carbocycles. The van der Waals surface area contributed by atoms with Crippen LogP contribution in [0.2, 0.25) is 0 Å². The van der Waals surface area contributed by atoms with Crippen molar-refractivity contribution in [3.8, 4) is 5.75 Å². The highest BCUT2D eigenvalue weighted by Gasteiger charge is 2.37. The second-order valence-corrected chi connectivity index (χ2v) is 7.65. The molecule has 0 spiro atoms. The SMILES string of the molecule is CCCN1C(=O)C(C)(C)COc2cc(NC(=O)c3ccc(Br)o3)ccc21. The Balaban J connectivity index is 1.89. The molecule has 0 atom stereocenters. The average Bonchev–Trinajstić information content (AvgIpc) is 3.01. The lowest BCUT2D eigenvalue weighted by Crippen LogP contribution is -2.42. The molecule has 7 heteroatoms. The molecule has 0 unspecified atom stereocenters. The van der Waals surface area contributed by atoms with Crippen molar-refractivity contribution in [3.05, 3.63) is 40.8 Å². The summed E-state index contributed by atoms with van der Waals surface area (Å²) in [6.45, 7) is 6.68. The number of nitrogens with zero attached hydrogens (tertiary/aromatic N) is 1. The smallest absolute Gasteiger partial charge is 0.291 e. The van der Waals surface area contributed by atoms with E-state index in [1.807, 2.05) is 20.8 Å². The number of carbonyl (C=O) groups is 2. The third kappa shape index (κ3) is 3.62. The van der Waals surface area contributed by atoms with Crippen molar-refractivity contribution < 1.29 is 18.7 Å². The number of halogens is 1. The first-order valence-electron chi connectivity index (χ1n) is 8.47. The Labute approximate surface area is 160 Å². The third-order valence-electron chi connectivity index (χ3n) is 4.17. The number of hydrogen-bond acceptors (Lipinski definition) is 4. The van der Waals surface area contributed by atoms with Crippen LogP contribution in [-0.4, -0.2) is 25.0 Å². The fourth-order valence-electron chi connectivity index (χ4n) is 2.80. The largest absolute Gasteiger partial charge is 0.490 e. The predicted molar refractivity (Wildman–Crippen MR) is 103 cm³/mol. The zero-order valence-electron chi connectivity index (χ0n) is 15.0. The van der Waals surface area contributed by atoms with Crippen LogP contribution >= 0.6 is 15.9 Å². The van der Waals surface area contributed by atoms with Gasteiger partial charge in [0.25, 0.3) is 5.91 Å². The maximum Gasteiger partial charge on any atom is 0.291 e. The van der Waals surface area contributed by atoms with Crippen LogP contribution in [0, 0.1) is 5.41 Å². The first-order chi connectivity index (χ1) is 12.3. The summed E-state index contributed by atoms with van der Waals surface area (Å²) < 4.78 is 11.6. The van der Waals surface area contributed by atoms with E-state index in [1.54, 1.807) is 35.2 Å². The maximum atomic E-state index is 12.8. The number of hydrogen-bond donors (Lipinski definition) is 1. The second-order valence-electron chi connectivity index (χ2n) is 6.87. The van der Waals surface area contributed by atoms with E-state index in [0.717, 1.165) is 12.1 Å². The van der Waals surface area contributed by atoms with Crippen LogP contribution in [0.3, 0.4) is 0 Å². The summed E-state index contributed by atoms with van der Waals surface area (Å²) in [6.07, 6.45) is 0.840. The topological polar surface area (TPSA) is 71.8 Å². The Morgan fingerprint density at radius 2 is 2.08 bits per heavy atom. The number of anilines is 2. The van der Waals surface area contributed by atoms with Gasteiger partial charge in [0.05, 0.1) is 11.1 Å². The van der Waals surface area contributed by atoms with E-state index in [0.29, 0.717) is 22.7 Å².